The Kier molecular flexibility index (Phi) is 3.87. The molecule has 0 fully saturated rings. The number of nitrogens with one attached hydrogen (secondary N) is 1. The molecule has 1 heterocycles. The van der Waals surface area contributed by atoms with Crippen LogP contribution in [-0.4, -0.2) is 10.1 Å². The molecule has 0 amide bonds. The summed E-state index contributed by atoms with van der Waals surface area (Å²) in [5, 5.41) is 12.8. The molecule has 1 atom stereocenters. The minimum absolute atomic E-state index is 0.111. The Morgan fingerprint density at radius 1 is 1.33 bits per heavy atom. The second kappa shape index (κ2) is 5.40. The van der Waals surface area contributed by atoms with E-state index < -0.39 is 0 Å². The first kappa shape index (κ1) is 12.9. The number of pyridine rings is 1. The van der Waals surface area contributed by atoms with Crippen molar-refractivity contribution in [2.45, 2.75) is 19.9 Å². The van der Waals surface area contributed by atoms with E-state index in [1.807, 2.05) is 32.0 Å². The average molecular weight is 307 g/mol. The molecule has 94 valence electrons. The number of hydrogen-bond donors (Lipinski definition) is 2. The summed E-state index contributed by atoms with van der Waals surface area (Å²) in [6.45, 7) is 4.05. The van der Waals surface area contributed by atoms with E-state index in [-0.39, 0.29) is 11.8 Å². The van der Waals surface area contributed by atoms with Crippen molar-refractivity contribution in [2.24, 2.45) is 0 Å². The zero-order valence-corrected chi connectivity index (χ0v) is 11.9. The van der Waals surface area contributed by atoms with Gasteiger partial charge in [-0.3, -0.25) is 0 Å². The van der Waals surface area contributed by atoms with E-state index in [0.717, 1.165) is 21.4 Å². The van der Waals surface area contributed by atoms with E-state index in [0.29, 0.717) is 0 Å². The number of nitrogens with zero attached hydrogens (tertiary/aromatic N) is 1. The van der Waals surface area contributed by atoms with Crippen LogP contribution in [0.4, 0.5) is 5.69 Å². The van der Waals surface area contributed by atoms with Crippen LogP contribution in [0, 0.1) is 6.92 Å². The second-order valence-electron chi connectivity index (χ2n) is 4.29. The van der Waals surface area contributed by atoms with Gasteiger partial charge in [-0.15, -0.1) is 0 Å². The molecular formula is C14H15BrN2O. The van der Waals surface area contributed by atoms with E-state index >= 15 is 0 Å². The lowest BCUT2D eigenvalue weighted by Crippen LogP contribution is -2.07. The maximum atomic E-state index is 9.46. The lowest BCUT2D eigenvalue weighted by Gasteiger charge is -2.16. The van der Waals surface area contributed by atoms with Crippen molar-refractivity contribution in [3.63, 3.8) is 0 Å². The summed E-state index contributed by atoms with van der Waals surface area (Å²) in [4.78, 5) is 4.25. The Morgan fingerprint density at radius 2 is 2.11 bits per heavy atom. The molecule has 0 aliphatic heterocycles. The summed E-state index contributed by atoms with van der Waals surface area (Å²) in [6, 6.07) is 9.40. The Bertz CT molecular complexity index is 557. The second-order valence-corrected chi connectivity index (χ2v) is 5.04. The molecule has 0 saturated heterocycles. The lowest BCUT2D eigenvalue weighted by atomic mass is 10.1. The predicted octanol–water partition coefficient (Wildman–Crippen LogP) is 4.03. The molecule has 1 unspecified atom stereocenters. The third-order valence-corrected chi connectivity index (χ3v) is 3.60. The molecular weight excluding hydrogens is 292 g/mol. The molecule has 2 N–H and O–H groups in total. The van der Waals surface area contributed by atoms with Crippen molar-refractivity contribution < 1.29 is 5.11 Å². The van der Waals surface area contributed by atoms with Crippen LogP contribution < -0.4 is 5.32 Å². The molecule has 18 heavy (non-hydrogen) atoms. The van der Waals surface area contributed by atoms with Crippen molar-refractivity contribution in [3.8, 4) is 5.75 Å². The van der Waals surface area contributed by atoms with E-state index in [1.165, 1.54) is 0 Å². The number of aryl methyl sites for hydroxylation is 1. The fourth-order valence-corrected chi connectivity index (χ4v) is 1.98. The SMILES string of the molecule is Cc1cc(NC(C)c2cccc(O)c2)cnc1Br. The van der Waals surface area contributed by atoms with Gasteiger partial charge < -0.3 is 10.4 Å². The third-order valence-electron chi connectivity index (χ3n) is 2.77. The molecule has 3 nitrogen and oxygen atoms in total. The van der Waals surface area contributed by atoms with Crippen molar-refractivity contribution in [3.05, 3.63) is 52.3 Å². The lowest BCUT2D eigenvalue weighted by molar-refractivity contribution is 0.474. The largest absolute Gasteiger partial charge is 0.508 e. The van der Waals surface area contributed by atoms with Gasteiger partial charge >= 0.3 is 0 Å². The first-order valence-electron chi connectivity index (χ1n) is 5.74. The number of phenols is 1. The summed E-state index contributed by atoms with van der Waals surface area (Å²) < 4.78 is 0.859. The van der Waals surface area contributed by atoms with Gasteiger partial charge in [0.25, 0.3) is 0 Å². The molecule has 0 bridgehead atoms. The van der Waals surface area contributed by atoms with Crippen LogP contribution in [0.5, 0.6) is 5.75 Å². The normalized spacial score (nSPS) is 12.2. The van der Waals surface area contributed by atoms with Gasteiger partial charge in [-0.1, -0.05) is 12.1 Å². The summed E-state index contributed by atoms with van der Waals surface area (Å²) in [5.74, 6) is 0.284. The molecule has 0 aliphatic rings. The van der Waals surface area contributed by atoms with Gasteiger partial charge in [0.05, 0.1) is 11.9 Å². The van der Waals surface area contributed by atoms with Gasteiger partial charge in [0.2, 0.25) is 0 Å². The number of hydrogen-bond acceptors (Lipinski definition) is 3. The number of benzene rings is 1. The zero-order valence-electron chi connectivity index (χ0n) is 10.3. The number of halogens is 1. The van der Waals surface area contributed by atoms with Crippen LogP contribution in [0.25, 0.3) is 0 Å². The first-order chi connectivity index (χ1) is 8.56. The minimum Gasteiger partial charge on any atom is -0.508 e. The molecule has 0 spiro atoms. The fraction of sp³-hybridized carbons (Fsp3) is 0.214. The third kappa shape index (κ3) is 3.01. The summed E-state index contributed by atoms with van der Waals surface area (Å²) >= 11 is 3.38. The Labute approximate surface area is 115 Å². The highest BCUT2D eigenvalue weighted by molar-refractivity contribution is 9.10. The highest BCUT2D eigenvalue weighted by Gasteiger charge is 2.07. The molecule has 2 rings (SSSR count). The van der Waals surface area contributed by atoms with Crippen LogP contribution in [-0.2, 0) is 0 Å². The summed E-state index contributed by atoms with van der Waals surface area (Å²) in [5.41, 5.74) is 3.09. The van der Waals surface area contributed by atoms with Crippen LogP contribution in [0.3, 0.4) is 0 Å². The molecule has 1 aromatic heterocycles. The summed E-state index contributed by atoms with van der Waals surface area (Å²) in [7, 11) is 0. The van der Waals surface area contributed by atoms with Crippen LogP contribution >= 0.6 is 15.9 Å². The molecule has 0 radical (unpaired) electrons. The molecule has 4 heteroatoms. The highest BCUT2D eigenvalue weighted by Crippen LogP contribution is 2.23. The number of aromatic nitrogens is 1. The standard InChI is InChI=1S/C14H15BrN2O/c1-9-6-12(8-16-14(9)15)17-10(2)11-4-3-5-13(18)7-11/h3-8,10,17-18H,1-2H3. The van der Waals surface area contributed by atoms with Crippen LogP contribution in [0.1, 0.15) is 24.1 Å². The monoisotopic (exact) mass is 306 g/mol. The predicted molar refractivity (Wildman–Crippen MR) is 76.8 cm³/mol. The fourth-order valence-electron chi connectivity index (χ4n) is 1.76. The highest BCUT2D eigenvalue weighted by atomic mass is 79.9. The molecule has 0 saturated carbocycles. The average Bonchev–Trinajstić information content (AvgIpc) is 2.34. The van der Waals surface area contributed by atoms with Gasteiger partial charge in [0, 0.05) is 6.04 Å². The maximum absolute atomic E-state index is 9.46. The van der Waals surface area contributed by atoms with Crippen LogP contribution in [0.15, 0.2) is 41.1 Å². The molecule has 0 aliphatic carbocycles. The van der Waals surface area contributed by atoms with Crippen LogP contribution in [0.2, 0.25) is 0 Å². The van der Waals surface area contributed by atoms with Gasteiger partial charge in [0.1, 0.15) is 10.4 Å². The van der Waals surface area contributed by atoms with E-state index in [2.05, 4.69) is 26.2 Å². The van der Waals surface area contributed by atoms with Crippen molar-refractivity contribution in [2.75, 3.05) is 5.32 Å². The zero-order chi connectivity index (χ0) is 13.1. The van der Waals surface area contributed by atoms with Gasteiger partial charge in [-0.25, -0.2) is 4.98 Å². The van der Waals surface area contributed by atoms with Gasteiger partial charge in [-0.2, -0.15) is 0 Å². The Hall–Kier alpha value is -1.55. The number of phenolic OH excluding ortho intramolecular Hbond substituents is 1. The van der Waals surface area contributed by atoms with Gasteiger partial charge in [-0.05, 0) is 59.1 Å². The number of aromatic hydroxyl groups is 1. The molecule has 1 aromatic carbocycles. The number of rotatable bonds is 3. The Balaban J connectivity index is 2.16. The minimum atomic E-state index is 0.111. The topological polar surface area (TPSA) is 45.1 Å². The van der Waals surface area contributed by atoms with Crippen molar-refractivity contribution >= 4 is 21.6 Å². The molecule has 2 aromatic rings. The van der Waals surface area contributed by atoms with Crippen molar-refractivity contribution in [1.82, 2.24) is 4.98 Å². The van der Waals surface area contributed by atoms with E-state index in [4.69, 9.17) is 0 Å². The van der Waals surface area contributed by atoms with Gasteiger partial charge in [0.15, 0.2) is 0 Å². The summed E-state index contributed by atoms with van der Waals surface area (Å²) in [6.07, 6.45) is 1.79. The maximum Gasteiger partial charge on any atom is 0.115 e. The first-order valence-corrected chi connectivity index (χ1v) is 6.53. The quantitative estimate of drug-likeness (QED) is 0.842. The van der Waals surface area contributed by atoms with E-state index in [9.17, 15) is 5.11 Å². The number of anilines is 1. The smallest absolute Gasteiger partial charge is 0.115 e. The van der Waals surface area contributed by atoms with E-state index in [1.54, 1.807) is 18.3 Å². The Morgan fingerprint density at radius 3 is 2.78 bits per heavy atom. The van der Waals surface area contributed by atoms with Crippen molar-refractivity contribution in [1.29, 1.82) is 0 Å².